The predicted octanol–water partition coefficient (Wildman–Crippen LogP) is 3.49. The van der Waals surface area contributed by atoms with Crippen LogP contribution in [0.3, 0.4) is 0 Å². The summed E-state index contributed by atoms with van der Waals surface area (Å²) in [4.78, 5) is 12.3. The number of furan rings is 1. The molecule has 3 heterocycles. The number of benzene rings is 1. The summed E-state index contributed by atoms with van der Waals surface area (Å²) in [5.41, 5.74) is 0.795. The van der Waals surface area contributed by atoms with Gasteiger partial charge in [-0.3, -0.25) is 4.68 Å². The van der Waals surface area contributed by atoms with Gasteiger partial charge in [0.25, 0.3) is 5.89 Å². The lowest BCUT2D eigenvalue weighted by molar-refractivity contribution is 0.0242. The summed E-state index contributed by atoms with van der Waals surface area (Å²) in [6.07, 6.45) is 2.78. The molecule has 0 saturated heterocycles. The second-order valence-corrected chi connectivity index (χ2v) is 5.83. The normalized spacial score (nSPS) is 12.0. The molecule has 0 bridgehead atoms. The molecule has 0 aliphatic rings. The molecular formula is C19H16N4O4. The molecule has 0 radical (unpaired) electrons. The number of aromatic nitrogens is 4. The number of hydrogen-bond acceptors (Lipinski definition) is 7. The monoisotopic (exact) mass is 364 g/mol. The summed E-state index contributed by atoms with van der Waals surface area (Å²) in [6.45, 7) is 2.09. The van der Waals surface area contributed by atoms with E-state index < -0.39 is 12.1 Å². The Morgan fingerprint density at radius 3 is 2.74 bits per heavy atom. The van der Waals surface area contributed by atoms with Gasteiger partial charge in [-0.1, -0.05) is 18.2 Å². The number of rotatable bonds is 6. The molecule has 1 unspecified atom stereocenters. The lowest BCUT2D eigenvalue weighted by Crippen LogP contribution is -2.09. The third-order valence-corrected chi connectivity index (χ3v) is 3.83. The van der Waals surface area contributed by atoms with Gasteiger partial charge in [-0.05, 0) is 37.3 Å². The maximum atomic E-state index is 12.3. The number of nitrogens with zero attached hydrogens (tertiary/aromatic N) is 4. The molecule has 8 nitrogen and oxygen atoms in total. The highest BCUT2D eigenvalue weighted by Crippen LogP contribution is 2.23. The molecule has 0 amide bonds. The molecule has 0 spiro atoms. The summed E-state index contributed by atoms with van der Waals surface area (Å²) < 4.78 is 18.2. The molecular weight excluding hydrogens is 348 g/mol. The van der Waals surface area contributed by atoms with E-state index in [1.54, 1.807) is 29.9 Å². The molecule has 0 aliphatic carbocycles. The quantitative estimate of drug-likeness (QED) is 0.483. The van der Waals surface area contributed by atoms with Crippen LogP contribution in [0.2, 0.25) is 0 Å². The van der Waals surface area contributed by atoms with E-state index in [4.69, 9.17) is 13.6 Å². The molecule has 0 fully saturated rings. The molecule has 0 aliphatic heterocycles. The summed E-state index contributed by atoms with van der Waals surface area (Å²) in [5.74, 6) is 0.682. The van der Waals surface area contributed by atoms with Crippen molar-refractivity contribution in [1.82, 2.24) is 20.0 Å². The van der Waals surface area contributed by atoms with Gasteiger partial charge in [-0.2, -0.15) is 5.10 Å². The van der Waals surface area contributed by atoms with E-state index in [1.165, 1.54) is 0 Å². The van der Waals surface area contributed by atoms with Crippen molar-refractivity contribution in [1.29, 1.82) is 0 Å². The summed E-state index contributed by atoms with van der Waals surface area (Å²) >= 11 is 0. The Morgan fingerprint density at radius 2 is 1.96 bits per heavy atom. The molecule has 4 rings (SSSR count). The molecule has 8 heteroatoms. The van der Waals surface area contributed by atoms with E-state index in [0.29, 0.717) is 18.2 Å². The van der Waals surface area contributed by atoms with Crippen molar-refractivity contribution < 1.29 is 18.4 Å². The van der Waals surface area contributed by atoms with Crippen molar-refractivity contribution in [2.75, 3.05) is 0 Å². The fourth-order valence-corrected chi connectivity index (χ4v) is 2.49. The average molecular weight is 364 g/mol. The maximum absolute atomic E-state index is 12.3. The fraction of sp³-hybridized carbons (Fsp3) is 0.158. The second kappa shape index (κ2) is 7.28. The van der Waals surface area contributed by atoms with Crippen molar-refractivity contribution in [2.24, 2.45) is 0 Å². The summed E-state index contributed by atoms with van der Waals surface area (Å²) in [7, 11) is 0. The first-order valence-electron chi connectivity index (χ1n) is 8.35. The van der Waals surface area contributed by atoms with Gasteiger partial charge in [0, 0.05) is 18.0 Å². The zero-order valence-corrected chi connectivity index (χ0v) is 14.5. The standard InChI is InChI=1S/C19H16N4O4/c1-13(17-21-22-18(27-17)14-6-3-2-4-7-14)25-19(24)16-9-8-15(26-16)12-23-11-5-10-20-23/h2-11,13H,12H2,1H3. The lowest BCUT2D eigenvalue weighted by atomic mass is 10.2. The molecule has 0 N–H and O–H groups in total. The Balaban J connectivity index is 1.41. The fourth-order valence-electron chi connectivity index (χ4n) is 2.49. The summed E-state index contributed by atoms with van der Waals surface area (Å²) in [5, 5.41) is 12.0. The summed E-state index contributed by atoms with van der Waals surface area (Å²) in [6, 6.07) is 14.5. The minimum absolute atomic E-state index is 0.104. The van der Waals surface area contributed by atoms with Crippen LogP contribution >= 0.6 is 0 Å². The van der Waals surface area contributed by atoms with Gasteiger partial charge in [-0.25, -0.2) is 4.79 Å². The van der Waals surface area contributed by atoms with Crippen LogP contribution < -0.4 is 0 Å². The highest BCUT2D eigenvalue weighted by atomic mass is 16.6. The van der Waals surface area contributed by atoms with Crippen molar-refractivity contribution in [3.8, 4) is 11.5 Å². The predicted molar refractivity (Wildman–Crippen MR) is 93.6 cm³/mol. The van der Waals surface area contributed by atoms with Crippen molar-refractivity contribution in [3.63, 3.8) is 0 Å². The van der Waals surface area contributed by atoms with Crippen LogP contribution in [-0.2, 0) is 11.3 Å². The zero-order valence-electron chi connectivity index (χ0n) is 14.5. The minimum atomic E-state index is -0.706. The third-order valence-electron chi connectivity index (χ3n) is 3.83. The Hall–Kier alpha value is -3.68. The van der Waals surface area contributed by atoms with Gasteiger partial charge >= 0.3 is 5.97 Å². The van der Waals surface area contributed by atoms with Crippen LogP contribution in [0, 0.1) is 0 Å². The Labute approximate surface area is 154 Å². The maximum Gasteiger partial charge on any atom is 0.375 e. The molecule has 1 aromatic carbocycles. The molecule has 0 saturated carbocycles. The van der Waals surface area contributed by atoms with Gasteiger partial charge < -0.3 is 13.6 Å². The van der Waals surface area contributed by atoms with Crippen LogP contribution in [0.25, 0.3) is 11.5 Å². The Bertz CT molecular complexity index is 1020. The lowest BCUT2D eigenvalue weighted by Gasteiger charge is -2.07. The van der Waals surface area contributed by atoms with Crippen LogP contribution in [0.1, 0.15) is 35.2 Å². The first kappa shape index (κ1) is 16.8. The smallest absolute Gasteiger partial charge is 0.375 e. The van der Waals surface area contributed by atoms with E-state index in [0.717, 1.165) is 5.56 Å². The van der Waals surface area contributed by atoms with Crippen molar-refractivity contribution in [3.05, 3.63) is 78.3 Å². The molecule has 1 atom stereocenters. The van der Waals surface area contributed by atoms with Crippen molar-refractivity contribution in [2.45, 2.75) is 19.6 Å². The van der Waals surface area contributed by atoms with E-state index in [1.807, 2.05) is 42.6 Å². The van der Waals surface area contributed by atoms with Crippen LogP contribution in [0.15, 0.2) is 69.8 Å². The van der Waals surface area contributed by atoms with E-state index in [-0.39, 0.29) is 11.7 Å². The topological polar surface area (TPSA) is 96.2 Å². The molecule has 27 heavy (non-hydrogen) atoms. The van der Waals surface area contributed by atoms with Gasteiger partial charge in [0.15, 0.2) is 6.10 Å². The van der Waals surface area contributed by atoms with E-state index in [2.05, 4.69) is 15.3 Å². The van der Waals surface area contributed by atoms with Gasteiger partial charge in [-0.15, -0.1) is 10.2 Å². The zero-order chi connectivity index (χ0) is 18.6. The number of hydrogen-bond donors (Lipinski definition) is 0. The van der Waals surface area contributed by atoms with Crippen LogP contribution in [0.5, 0.6) is 0 Å². The highest BCUT2D eigenvalue weighted by Gasteiger charge is 2.22. The Morgan fingerprint density at radius 1 is 1.11 bits per heavy atom. The van der Waals surface area contributed by atoms with Gasteiger partial charge in [0.1, 0.15) is 5.76 Å². The van der Waals surface area contributed by atoms with Gasteiger partial charge in [0.05, 0.1) is 6.54 Å². The first-order valence-corrected chi connectivity index (χ1v) is 8.35. The highest BCUT2D eigenvalue weighted by molar-refractivity contribution is 5.86. The van der Waals surface area contributed by atoms with Gasteiger partial charge in [0.2, 0.25) is 11.7 Å². The number of carbonyl (C=O) groups is 1. The van der Waals surface area contributed by atoms with E-state index >= 15 is 0 Å². The second-order valence-electron chi connectivity index (χ2n) is 5.83. The number of ether oxygens (including phenoxy) is 1. The van der Waals surface area contributed by atoms with E-state index in [9.17, 15) is 4.79 Å². The molecule has 3 aromatic heterocycles. The molecule has 4 aromatic rings. The Kier molecular flexibility index (Phi) is 4.52. The SMILES string of the molecule is CC(OC(=O)c1ccc(Cn2cccn2)o1)c1nnc(-c2ccccc2)o1. The van der Waals surface area contributed by atoms with Crippen LogP contribution in [0.4, 0.5) is 0 Å². The first-order chi connectivity index (χ1) is 13.2. The van der Waals surface area contributed by atoms with Crippen molar-refractivity contribution >= 4 is 5.97 Å². The number of carbonyl (C=O) groups excluding carboxylic acids is 1. The molecule has 136 valence electrons. The average Bonchev–Trinajstić information content (AvgIpc) is 3.44. The largest absolute Gasteiger partial charge is 0.452 e. The van der Waals surface area contributed by atoms with Crippen LogP contribution in [-0.4, -0.2) is 25.9 Å². The third kappa shape index (κ3) is 3.79. The minimum Gasteiger partial charge on any atom is -0.452 e. The number of esters is 1.